The number of benzene rings is 1. The minimum Gasteiger partial charge on any atom is -0.352 e. The van der Waals surface area contributed by atoms with Gasteiger partial charge in [0.2, 0.25) is 11.8 Å². The largest absolute Gasteiger partial charge is 0.352 e. The lowest BCUT2D eigenvalue weighted by Gasteiger charge is -2.36. The zero-order valence-corrected chi connectivity index (χ0v) is 18.5. The minimum atomic E-state index is -0.439. The Balaban J connectivity index is 1.87. The lowest BCUT2D eigenvalue weighted by molar-refractivity contribution is -0.126. The Hall–Kier alpha value is -1.49. The number of amides is 2. The van der Waals surface area contributed by atoms with Crippen LogP contribution in [0.1, 0.15) is 78.2 Å². The van der Waals surface area contributed by atoms with E-state index in [9.17, 15) is 9.59 Å². The summed E-state index contributed by atoms with van der Waals surface area (Å²) in [6.45, 7) is 8.52. The number of nitrogens with one attached hydrogen (secondary N) is 1. The van der Waals surface area contributed by atoms with Crippen LogP contribution in [0.3, 0.4) is 0 Å². The number of carbonyl (C=O) groups is 2. The molecular formula is C23H34N2O2S. The van der Waals surface area contributed by atoms with Crippen LogP contribution in [0.15, 0.2) is 23.1 Å². The fourth-order valence-corrected chi connectivity index (χ4v) is 5.07. The molecule has 1 aliphatic carbocycles. The van der Waals surface area contributed by atoms with E-state index in [1.807, 2.05) is 6.92 Å². The third-order valence-corrected chi connectivity index (χ3v) is 6.95. The first-order chi connectivity index (χ1) is 13.3. The van der Waals surface area contributed by atoms with Gasteiger partial charge in [-0.3, -0.25) is 14.5 Å². The smallest absolute Gasteiger partial charge is 0.243 e. The Morgan fingerprint density at radius 2 is 1.89 bits per heavy atom. The molecule has 0 bridgehead atoms. The second kappa shape index (κ2) is 8.89. The summed E-state index contributed by atoms with van der Waals surface area (Å²) in [7, 11) is 0. The van der Waals surface area contributed by atoms with Gasteiger partial charge in [-0.1, -0.05) is 59.4 Å². The van der Waals surface area contributed by atoms with Gasteiger partial charge in [0.05, 0.1) is 11.4 Å². The highest BCUT2D eigenvalue weighted by molar-refractivity contribution is 8.00. The van der Waals surface area contributed by atoms with Crippen molar-refractivity contribution >= 4 is 29.3 Å². The number of rotatable bonds is 4. The van der Waals surface area contributed by atoms with Crippen molar-refractivity contribution in [1.29, 1.82) is 0 Å². The molecule has 1 heterocycles. The number of hydrogen-bond donors (Lipinski definition) is 1. The third-order valence-electron chi connectivity index (χ3n) is 5.91. The molecule has 2 aliphatic rings. The number of nitrogens with zero attached hydrogens (tertiary/aromatic N) is 1. The molecule has 1 aromatic carbocycles. The van der Waals surface area contributed by atoms with Crippen molar-refractivity contribution in [2.24, 2.45) is 0 Å². The van der Waals surface area contributed by atoms with Gasteiger partial charge in [-0.25, -0.2) is 0 Å². The maximum atomic E-state index is 13.2. The van der Waals surface area contributed by atoms with E-state index in [1.54, 1.807) is 16.7 Å². The molecule has 0 unspecified atom stereocenters. The van der Waals surface area contributed by atoms with Crippen LogP contribution in [0.25, 0.3) is 0 Å². The molecule has 1 saturated carbocycles. The van der Waals surface area contributed by atoms with E-state index in [2.05, 4.69) is 44.3 Å². The molecule has 4 nitrogen and oxygen atoms in total. The van der Waals surface area contributed by atoms with Crippen LogP contribution in [0.2, 0.25) is 0 Å². The van der Waals surface area contributed by atoms with Crippen molar-refractivity contribution in [2.45, 2.75) is 95.0 Å². The van der Waals surface area contributed by atoms with Crippen LogP contribution in [0.5, 0.6) is 0 Å². The van der Waals surface area contributed by atoms with Crippen LogP contribution >= 0.6 is 11.8 Å². The van der Waals surface area contributed by atoms with Gasteiger partial charge in [-0.15, -0.1) is 11.8 Å². The van der Waals surface area contributed by atoms with Gasteiger partial charge in [0, 0.05) is 10.9 Å². The fourth-order valence-electron chi connectivity index (χ4n) is 4.19. The monoisotopic (exact) mass is 402 g/mol. The zero-order valence-electron chi connectivity index (χ0n) is 17.7. The number of anilines is 1. The van der Waals surface area contributed by atoms with Gasteiger partial charge in [-0.05, 0) is 42.4 Å². The summed E-state index contributed by atoms with van der Waals surface area (Å²) in [5, 5.41) is 3.26. The number of carbonyl (C=O) groups excluding carboxylic acids is 2. The van der Waals surface area contributed by atoms with Crippen molar-refractivity contribution in [3.05, 3.63) is 23.8 Å². The highest BCUT2D eigenvalue weighted by atomic mass is 32.2. The normalized spacial score (nSPS) is 19.7. The number of thioether (sulfide) groups is 1. The predicted molar refractivity (Wildman–Crippen MR) is 117 cm³/mol. The average Bonchev–Trinajstić information content (AvgIpc) is 2.91. The molecule has 2 amide bonds. The Bertz CT molecular complexity index is 718. The number of fused-ring (bicyclic) bond motifs is 1. The fraction of sp³-hybridized carbons (Fsp3) is 0.652. The Morgan fingerprint density at radius 3 is 2.50 bits per heavy atom. The Morgan fingerprint density at radius 1 is 1.21 bits per heavy atom. The molecule has 28 heavy (non-hydrogen) atoms. The van der Waals surface area contributed by atoms with Crippen LogP contribution in [0, 0.1) is 0 Å². The van der Waals surface area contributed by atoms with E-state index in [0.717, 1.165) is 23.4 Å². The summed E-state index contributed by atoms with van der Waals surface area (Å²) in [5.74, 6) is 0.433. The standard InChI is InChI=1S/C23H34N2O2S/c1-5-18(22(27)24-17-10-8-6-7-9-11-17)25-19-14-16(23(2,3)4)12-13-20(19)28-15-21(25)26/h12-14,17-18H,5-11,15H2,1-4H3,(H,24,27)/t18-/m1/s1. The molecule has 0 aromatic heterocycles. The topological polar surface area (TPSA) is 49.4 Å². The first-order valence-corrected chi connectivity index (χ1v) is 11.7. The summed E-state index contributed by atoms with van der Waals surface area (Å²) >= 11 is 1.58. The van der Waals surface area contributed by atoms with Crippen LogP contribution in [0.4, 0.5) is 5.69 Å². The van der Waals surface area contributed by atoms with Crippen molar-refractivity contribution < 1.29 is 9.59 Å². The summed E-state index contributed by atoms with van der Waals surface area (Å²) in [6.07, 6.45) is 7.60. The van der Waals surface area contributed by atoms with E-state index in [4.69, 9.17) is 0 Å². The summed E-state index contributed by atoms with van der Waals surface area (Å²) < 4.78 is 0. The van der Waals surface area contributed by atoms with Crippen molar-refractivity contribution in [2.75, 3.05) is 10.7 Å². The van der Waals surface area contributed by atoms with Crippen LogP contribution < -0.4 is 10.2 Å². The molecule has 0 saturated heterocycles. The van der Waals surface area contributed by atoms with E-state index < -0.39 is 6.04 Å². The maximum Gasteiger partial charge on any atom is 0.243 e. The number of hydrogen-bond acceptors (Lipinski definition) is 3. The molecule has 1 aromatic rings. The van der Waals surface area contributed by atoms with E-state index in [0.29, 0.717) is 12.2 Å². The maximum absolute atomic E-state index is 13.2. The molecule has 0 spiro atoms. The predicted octanol–water partition coefficient (Wildman–Crippen LogP) is 5.04. The second-order valence-electron chi connectivity index (χ2n) is 9.11. The first kappa shape index (κ1) is 21.2. The Kier molecular flexibility index (Phi) is 6.74. The zero-order chi connectivity index (χ0) is 20.3. The molecule has 1 fully saturated rings. The molecule has 5 heteroatoms. The quantitative estimate of drug-likeness (QED) is 0.718. The summed E-state index contributed by atoms with van der Waals surface area (Å²) in [4.78, 5) is 28.9. The third kappa shape index (κ3) is 4.73. The first-order valence-electron chi connectivity index (χ1n) is 10.7. The highest BCUT2D eigenvalue weighted by Crippen LogP contribution is 2.39. The van der Waals surface area contributed by atoms with E-state index >= 15 is 0 Å². The van der Waals surface area contributed by atoms with Crippen molar-refractivity contribution in [3.8, 4) is 0 Å². The van der Waals surface area contributed by atoms with Gasteiger partial charge in [0.25, 0.3) is 0 Å². The van der Waals surface area contributed by atoms with Crippen LogP contribution in [-0.2, 0) is 15.0 Å². The highest BCUT2D eigenvalue weighted by Gasteiger charge is 2.35. The summed E-state index contributed by atoms with van der Waals surface area (Å²) in [5.41, 5.74) is 2.08. The van der Waals surface area contributed by atoms with Gasteiger partial charge >= 0.3 is 0 Å². The molecule has 1 N–H and O–H groups in total. The van der Waals surface area contributed by atoms with Crippen LogP contribution in [-0.4, -0.2) is 29.7 Å². The lowest BCUT2D eigenvalue weighted by atomic mass is 9.86. The molecule has 154 valence electrons. The molecule has 1 aliphatic heterocycles. The Labute approximate surface area is 173 Å². The molecular weight excluding hydrogens is 368 g/mol. The molecule has 3 rings (SSSR count). The minimum absolute atomic E-state index is 0.00163. The second-order valence-corrected chi connectivity index (χ2v) is 10.1. The van der Waals surface area contributed by atoms with Gasteiger partial charge in [-0.2, -0.15) is 0 Å². The molecule has 1 atom stereocenters. The van der Waals surface area contributed by atoms with Gasteiger partial charge in [0.15, 0.2) is 0 Å². The van der Waals surface area contributed by atoms with Crippen molar-refractivity contribution in [3.63, 3.8) is 0 Å². The van der Waals surface area contributed by atoms with E-state index in [1.165, 1.54) is 31.2 Å². The van der Waals surface area contributed by atoms with Crippen molar-refractivity contribution in [1.82, 2.24) is 5.32 Å². The van der Waals surface area contributed by atoms with Gasteiger partial charge < -0.3 is 5.32 Å². The lowest BCUT2D eigenvalue weighted by Crippen LogP contribution is -2.53. The SMILES string of the molecule is CC[C@H](C(=O)NC1CCCCCC1)N1C(=O)CSc2ccc(C(C)(C)C)cc21. The van der Waals surface area contributed by atoms with Gasteiger partial charge in [0.1, 0.15) is 6.04 Å². The summed E-state index contributed by atoms with van der Waals surface area (Å²) in [6, 6.07) is 6.17. The average molecular weight is 403 g/mol. The van der Waals surface area contributed by atoms with E-state index in [-0.39, 0.29) is 23.3 Å². The molecule has 0 radical (unpaired) electrons.